The third-order valence-corrected chi connectivity index (χ3v) is 14.5. The molecular formula is C68H125NO8. The normalized spacial score (nSPS) is 13.0. The van der Waals surface area contributed by atoms with Gasteiger partial charge < -0.3 is 33.3 Å². The molecule has 0 fully saturated rings. The molecule has 9 nitrogen and oxygen atoms in total. The number of rotatable bonds is 61. The predicted molar refractivity (Wildman–Crippen MR) is 325 cm³/mol. The molecule has 0 rings (SSSR count). The van der Waals surface area contributed by atoms with Gasteiger partial charge in [-0.1, -0.05) is 268 Å². The Balaban J connectivity index is 3.98. The molecule has 450 valence electrons. The van der Waals surface area contributed by atoms with Crippen LogP contribution < -0.4 is 5.11 Å². The number of carbonyl (C=O) groups is 3. The molecule has 0 spiro atoms. The van der Waals surface area contributed by atoms with Crippen LogP contribution in [0.5, 0.6) is 0 Å². The molecule has 0 heterocycles. The number of carboxylic acids is 1. The molecule has 0 radical (unpaired) electrons. The summed E-state index contributed by atoms with van der Waals surface area (Å²) < 4.78 is 22.7. The standard InChI is InChI=1S/C68H125NO8/c1-6-8-10-12-14-16-18-20-22-23-24-25-26-27-28-29-30-31-32-33-34-35-36-37-38-39-40-41-42-43-45-47-49-51-53-55-57-59-66(71)77-64(63-76-68(67(72)73)74-61-60-69(3,4)5)62-75-65(70)58-56-54-52-50-48-46-44-21-19-17-15-13-11-9-7-2/h15,17-18,20-21,23-24,44,64,68H,6-14,16,19,22,25-43,45-63H2,1-5H3/b17-15-,20-18-,24-23-,44-21-. The Morgan fingerprint density at radius 1 is 0.390 bits per heavy atom. The summed E-state index contributed by atoms with van der Waals surface area (Å²) in [5.74, 6) is -2.29. The third kappa shape index (κ3) is 60.7. The molecule has 0 saturated heterocycles. The maximum absolute atomic E-state index is 12.9. The zero-order valence-corrected chi connectivity index (χ0v) is 51.3. The van der Waals surface area contributed by atoms with Crippen molar-refractivity contribution in [2.75, 3.05) is 47.5 Å². The van der Waals surface area contributed by atoms with Crippen LogP contribution >= 0.6 is 0 Å². The second kappa shape index (κ2) is 59.4. The fraction of sp³-hybridized carbons (Fsp3) is 0.838. The topological polar surface area (TPSA) is 111 Å². The summed E-state index contributed by atoms with van der Waals surface area (Å²) in [5, 5.41) is 11.8. The van der Waals surface area contributed by atoms with Crippen molar-refractivity contribution in [1.29, 1.82) is 0 Å². The highest BCUT2D eigenvalue weighted by atomic mass is 16.7. The molecule has 0 amide bonds. The molecule has 9 heteroatoms. The summed E-state index contributed by atoms with van der Waals surface area (Å²) in [6, 6.07) is 0. The van der Waals surface area contributed by atoms with E-state index in [-0.39, 0.29) is 38.6 Å². The van der Waals surface area contributed by atoms with Crippen LogP contribution in [-0.2, 0) is 33.3 Å². The Morgan fingerprint density at radius 3 is 1.05 bits per heavy atom. The quantitative estimate of drug-likeness (QED) is 0.0195. The summed E-state index contributed by atoms with van der Waals surface area (Å²) in [5.41, 5.74) is 0. The van der Waals surface area contributed by atoms with Crippen molar-refractivity contribution in [3.8, 4) is 0 Å². The van der Waals surface area contributed by atoms with Gasteiger partial charge in [-0.05, 0) is 77.0 Å². The van der Waals surface area contributed by atoms with E-state index in [2.05, 4.69) is 62.5 Å². The molecule has 0 aliphatic rings. The van der Waals surface area contributed by atoms with Gasteiger partial charge in [0.1, 0.15) is 13.2 Å². The average molecular weight is 1080 g/mol. The fourth-order valence-corrected chi connectivity index (χ4v) is 9.48. The lowest BCUT2D eigenvalue weighted by atomic mass is 10.0. The van der Waals surface area contributed by atoms with Gasteiger partial charge in [-0.15, -0.1) is 0 Å². The van der Waals surface area contributed by atoms with E-state index in [1.807, 2.05) is 21.1 Å². The summed E-state index contributed by atoms with van der Waals surface area (Å²) in [7, 11) is 5.93. The molecule has 0 aromatic carbocycles. The van der Waals surface area contributed by atoms with Crippen molar-refractivity contribution in [3.63, 3.8) is 0 Å². The van der Waals surface area contributed by atoms with E-state index in [9.17, 15) is 19.5 Å². The molecule has 2 unspecified atom stereocenters. The van der Waals surface area contributed by atoms with Crippen LogP contribution in [0.25, 0.3) is 0 Å². The molecule has 0 aromatic heterocycles. The number of nitrogens with zero attached hydrogens (tertiary/aromatic N) is 1. The van der Waals surface area contributed by atoms with E-state index >= 15 is 0 Å². The fourth-order valence-electron chi connectivity index (χ4n) is 9.48. The number of unbranched alkanes of at least 4 members (excludes halogenated alkanes) is 38. The number of hydrogen-bond acceptors (Lipinski definition) is 8. The van der Waals surface area contributed by atoms with Gasteiger partial charge in [0, 0.05) is 12.8 Å². The number of carbonyl (C=O) groups excluding carboxylic acids is 3. The largest absolute Gasteiger partial charge is 0.545 e. The SMILES string of the molecule is CCCCC/C=C\C/C=C\CCCCCCCC(=O)OCC(COC(OCC[N+](C)(C)C)C(=O)[O-])OC(=O)CCCCCCCCCCCCCCCCCCCCCCCCCCC/C=C\C/C=C\CCCCCCC. The van der Waals surface area contributed by atoms with Gasteiger partial charge in [0.15, 0.2) is 12.4 Å². The van der Waals surface area contributed by atoms with Gasteiger partial charge >= 0.3 is 11.9 Å². The maximum Gasteiger partial charge on any atom is 0.306 e. The van der Waals surface area contributed by atoms with Crippen LogP contribution in [0, 0.1) is 0 Å². The van der Waals surface area contributed by atoms with Gasteiger partial charge in [0.2, 0.25) is 0 Å². The highest BCUT2D eigenvalue weighted by molar-refractivity contribution is 5.70. The van der Waals surface area contributed by atoms with Crippen molar-refractivity contribution in [1.82, 2.24) is 0 Å². The Labute approximate surface area is 476 Å². The van der Waals surface area contributed by atoms with E-state index in [0.29, 0.717) is 17.4 Å². The lowest BCUT2D eigenvalue weighted by Crippen LogP contribution is -2.44. The highest BCUT2D eigenvalue weighted by Crippen LogP contribution is 2.18. The van der Waals surface area contributed by atoms with E-state index in [0.717, 1.165) is 64.2 Å². The lowest BCUT2D eigenvalue weighted by Gasteiger charge is -2.26. The first-order valence-corrected chi connectivity index (χ1v) is 32.8. The summed E-state index contributed by atoms with van der Waals surface area (Å²) in [6.45, 7) is 4.73. The number of quaternary nitrogens is 1. The molecule has 0 aliphatic carbocycles. The second-order valence-corrected chi connectivity index (χ2v) is 23.4. The van der Waals surface area contributed by atoms with Crippen LogP contribution in [-0.4, -0.2) is 82.3 Å². The second-order valence-electron chi connectivity index (χ2n) is 23.4. The van der Waals surface area contributed by atoms with Crippen molar-refractivity contribution < 1.29 is 42.9 Å². The Kier molecular flexibility index (Phi) is 57.3. The molecular weight excluding hydrogens is 959 g/mol. The monoisotopic (exact) mass is 1080 g/mol. The molecule has 2 atom stereocenters. The van der Waals surface area contributed by atoms with Crippen LogP contribution in [0.15, 0.2) is 48.6 Å². The maximum atomic E-state index is 12.9. The summed E-state index contributed by atoms with van der Waals surface area (Å²) >= 11 is 0. The zero-order chi connectivity index (χ0) is 56.2. The summed E-state index contributed by atoms with van der Waals surface area (Å²) in [4.78, 5) is 37.3. The molecule has 0 bridgehead atoms. The first-order valence-electron chi connectivity index (χ1n) is 32.8. The number of allylic oxidation sites excluding steroid dienone is 8. The average Bonchev–Trinajstić information content (AvgIpc) is 3.40. The first-order chi connectivity index (χ1) is 37.6. The molecule has 0 N–H and O–H groups in total. The third-order valence-electron chi connectivity index (χ3n) is 14.5. The first kappa shape index (κ1) is 74.2. The molecule has 0 saturated carbocycles. The van der Waals surface area contributed by atoms with E-state index in [4.69, 9.17) is 18.9 Å². The smallest absolute Gasteiger partial charge is 0.306 e. The van der Waals surface area contributed by atoms with E-state index in [1.54, 1.807) is 0 Å². The number of carboxylic acid groups (broad SMARTS) is 1. The number of esters is 2. The number of likely N-dealkylation sites (N-methyl/N-ethyl adjacent to an activating group) is 1. The van der Waals surface area contributed by atoms with Crippen molar-refractivity contribution in [3.05, 3.63) is 48.6 Å². The Hall–Kier alpha value is -2.75. The Morgan fingerprint density at radius 2 is 0.701 bits per heavy atom. The van der Waals surface area contributed by atoms with Crippen molar-refractivity contribution in [2.45, 2.75) is 322 Å². The van der Waals surface area contributed by atoms with Gasteiger partial charge in [-0.25, -0.2) is 0 Å². The predicted octanol–water partition coefficient (Wildman–Crippen LogP) is 18.5. The van der Waals surface area contributed by atoms with Gasteiger partial charge in [-0.3, -0.25) is 9.59 Å². The van der Waals surface area contributed by atoms with Crippen LogP contribution in [0.1, 0.15) is 309 Å². The Bertz CT molecular complexity index is 1400. The minimum absolute atomic E-state index is 0.146. The lowest BCUT2D eigenvalue weighted by molar-refractivity contribution is -0.870. The van der Waals surface area contributed by atoms with E-state index < -0.39 is 24.3 Å². The minimum atomic E-state index is -1.62. The summed E-state index contributed by atoms with van der Waals surface area (Å²) in [6.07, 6.45) is 72.0. The van der Waals surface area contributed by atoms with E-state index in [1.165, 1.54) is 212 Å². The van der Waals surface area contributed by atoms with Crippen LogP contribution in [0.3, 0.4) is 0 Å². The van der Waals surface area contributed by atoms with Crippen molar-refractivity contribution >= 4 is 17.9 Å². The highest BCUT2D eigenvalue weighted by Gasteiger charge is 2.22. The molecule has 77 heavy (non-hydrogen) atoms. The van der Waals surface area contributed by atoms with Gasteiger partial charge in [0.05, 0.1) is 40.3 Å². The zero-order valence-electron chi connectivity index (χ0n) is 51.3. The van der Waals surface area contributed by atoms with Crippen LogP contribution in [0.2, 0.25) is 0 Å². The molecule has 0 aromatic rings. The van der Waals surface area contributed by atoms with Crippen LogP contribution in [0.4, 0.5) is 0 Å². The number of hydrogen-bond donors (Lipinski definition) is 0. The minimum Gasteiger partial charge on any atom is -0.545 e. The number of ether oxygens (including phenoxy) is 4. The van der Waals surface area contributed by atoms with Gasteiger partial charge in [0.25, 0.3) is 0 Å². The number of aliphatic carboxylic acids is 1. The molecule has 0 aliphatic heterocycles. The van der Waals surface area contributed by atoms with Crippen molar-refractivity contribution in [2.24, 2.45) is 0 Å². The van der Waals surface area contributed by atoms with Gasteiger partial charge in [-0.2, -0.15) is 0 Å².